The number of nitrogens with zero attached hydrogens (tertiary/aromatic N) is 1. The number of carbonyl (C=O) groups is 1. The molecule has 2 aromatic carbocycles. The van der Waals surface area contributed by atoms with Crippen LogP contribution in [0.2, 0.25) is 0 Å². The minimum Gasteiger partial charge on any atom is -0.379 e. The van der Waals surface area contributed by atoms with Crippen LogP contribution in [0.5, 0.6) is 0 Å². The van der Waals surface area contributed by atoms with Gasteiger partial charge in [-0.2, -0.15) is 0 Å². The van der Waals surface area contributed by atoms with Crippen LogP contribution in [-0.4, -0.2) is 48.7 Å². The van der Waals surface area contributed by atoms with Gasteiger partial charge in [-0.3, -0.25) is 9.69 Å². The highest BCUT2D eigenvalue weighted by atomic mass is 32.2. The molecule has 0 radical (unpaired) electrons. The van der Waals surface area contributed by atoms with E-state index in [1.165, 1.54) is 6.07 Å². The fraction of sp³-hybridized carbons (Fsp3) is 0.476. The SMILES string of the molecule is O=C(NC1Nc2ccc3cc(F)ccc3c2S1)[C@H]1CC[C@@H](N2CCOCC2)C1. The van der Waals surface area contributed by atoms with Crippen LogP contribution in [-0.2, 0) is 9.53 Å². The number of nitrogens with one attached hydrogen (secondary N) is 2. The molecule has 2 fully saturated rings. The maximum Gasteiger partial charge on any atom is 0.225 e. The number of benzene rings is 2. The molecule has 2 aliphatic heterocycles. The first-order chi connectivity index (χ1) is 13.7. The van der Waals surface area contributed by atoms with Crippen LogP contribution in [0.4, 0.5) is 10.1 Å². The first-order valence-electron chi connectivity index (χ1n) is 9.95. The van der Waals surface area contributed by atoms with E-state index in [4.69, 9.17) is 4.74 Å². The lowest BCUT2D eigenvalue weighted by atomic mass is 10.1. The van der Waals surface area contributed by atoms with Gasteiger partial charge in [-0.25, -0.2) is 4.39 Å². The normalized spacial score (nSPS) is 27.5. The molecule has 0 spiro atoms. The molecule has 28 heavy (non-hydrogen) atoms. The molecule has 2 aromatic rings. The highest BCUT2D eigenvalue weighted by molar-refractivity contribution is 8.00. The first-order valence-corrected chi connectivity index (χ1v) is 10.8. The number of amides is 1. The predicted octanol–water partition coefficient (Wildman–Crippen LogP) is 3.40. The fourth-order valence-corrected chi connectivity index (χ4v) is 5.75. The molecule has 3 aliphatic rings. The van der Waals surface area contributed by atoms with Gasteiger partial charge in [0.2, 0.25) is 5.91 Å². The summed E-state index contributed by atoms with van der Waals surface area (Å²) < 4.78 is 18.9. The van der Waals surface area contributed by atoms with Gasteiger partial charge in [-0.05, 0) is 48.2 Å². The average Bonchev–Trinajstić information content (AvgIpc) is 3.35. The maximum atomic E-state index is 13.5. The van der Waals surface area contributed by atoms with Gasteiger partial charge in [0.1, 0.15) is 5.82 Å². The molecule has 1 saturated carbocycles. The number of hydrogen-bond donors (Lipinski definition) is 2. The number of rotatable bonds is 3. The second-order valence-corrected chi connectivity index (χ2v) is 8.89. The van der Waals surface area contributed by atoms with Gasteiger partial charge in [0.25, 0.3) is 0 Å². The van der Waals surface area contributed by atoms with Crippen LogP contribution >= 0.6 is 11.8 Å². The van der Waals surface area contributed by atoms with Crippen LogP contribution in [0, 0.1) is 11.7 Å². The Bertz CT molecular complexity index is 903. The van der Waals surface area contributed by atoms with E-state index in [2.05, 4.69) is 15.5 Å². The fourth-order valence-electron chi connectivity index (χ4n) is 4.58. The van der Waals surface area contributed by atoms with Crippen LogP contribution in [0.1, 0.15) is 19.3 Å². The number of morpholine rings is 1. The standard InChI is InChI=1S/C21H24FN3O2S/c22-15-3-5-17-13(11-15)2-6-18-19(17)28-21(23-18)24-20(26)14-1-4-16(12-14)25-7-9-27-10-8-25/h2-3,5-6,11,14,16,21,23H,1,4,7-10,12H2,(H,24,26)/t14-,16+,21?/m0/s1. The van der Waals surface area contributed by atoms with Crippen molar-refractivity contribution in [3.8, 4) is 0 Å². The van der Waals surface area contributed by atoms with Crippen LogP contribution < -0.4 is 10.6 Å². The number of fused-ring (bicyclic) bond motifs is 3. The monoisotopic (exact) mass is 401 g/mol. The minimum atomic E-state index is -0.232. The molecular weight excluding hydrogens is 377 g/mol. The Morgan fingerprint density at radius 3 is 2.93 bits per heavy atom. The van der Waals surface area contributed by atoms with Gasteiger partial charge in [0.05, 0.1) is 18.9 Å². The number of halogens is 1. The van der Waals surface area contributed by atoms with Gasteiger partial charge in [-0.15, -0.1) is 0 Å². The summed E-state index contributed by atoms with van der Waals surface area (Å²) in [6, 6.07) is 9.22. The Balaban J connectivity index is 1.22. The maximum absolute atomic E-state index is 13.5. The van der Waals surface area contributed by atoms with Crippen LogP contribution in [0.15, 0.2) is 35.2 Å². The number of carbonyl (C=O) groups excluding carboxylic acids is 1. The van der Waals surface area contributed by atoms with E-state index < -0.39 is 0 Å². The van der Waals surface area contributed by atoms with E-state index >= 15 is 0 Å². The van der Waals surface area contributed by atoms with Gasteiger partial charge in [0.15, 0.2) is 5.50 Å². The molecule has 5 rings (SSSR count). The molecule has 2 heterocycles. The lowest BCUT2D eigenvalue weighted by Crippen LogP contribution is -2.43. The summed E-state index contributed by atoms with van der Waals surface area (Å²) >= 11 is 1.60. The molecule has 2 N–H and O–H groups in total. The van der Waals surface area contributed by atoms with Crippen LogP contribution in [0.3, 0.4) is 0 Å². The topological polar surface area (TPSA) is 53.6 Å². The summed E-state index contributed by atoms with van der Waals surface area (Å²) in [6.07, 6.45) is 2.96. The molecule has 148 valence electrons. The summed E-state index contributed by atoms with van der Waals surface area (Å²) in [5.41, 5.74) is 0.813. The lowest BCUT2D eigenvalue weighted by Gasteiger charge is -2.32. The smallest absolute Gasteiger partial charge is 0.225 e. The van der Waals surface area contributed by atoms with Crippen molar-refractivity contribution in [1.82, 2.24) is 10.2 Å². The third kappa shape index (κ3) is 3.47. The second kappa shape index (κ2) is 7.54. The molecule has 1 amide bonds. The summed E-state index contributed by atoms with van der Waals surface area (Å²) in [7, 11) is 0. The zero-order chi connectivity index (χ0) is 19.1. The minimum absolute atomic E-state index is 0.0739. The van der Waals surface area contributed by atoms with Gasteiger partial charge >= 0.3 is 0 Å². The van der Waals surface area contributed by atoms with E-state index in [9.17, 15) is 9.18 Å². The Labute approximate surface area is 168 Å². The van der Waals surface area contributed by atoms with Crippen molar-refractivity contribution in [2.75, 3.05) is 31.6 Å². The van der Waals surface area contributed by atoms with E-state index in [-0.39, 0.29) is 23.1 Å². The van der Waals surface area contributed by atoms with Crippen LogP contribution in [0.25, 0.3) is 10.8 Å². The van der Waals surface area contributed by atoms with E-state index in [1.54, 1.807) is 17.8 Å². The van der Waals surface area contributed by atoms with Crippen molar-refractivity contribution in [2.24, 2.45) is 5.92 Å². The highest BCUT2D eigenvalue weighted by Crippen LogP contribution is 2.42. The third-order valence-electron chi connectivity index (χ3n) is 6.07. The molecule has 5 nitrogen and oxygen atoms in total. The average molecular weight is 402 g/mol. The van der Waals surface area contributed by atoms with Crippen molar-refractivity contribution in [3.05, 3.63) is 36.1 Å². The number of thioether (sulfide) groups is 1. The molecule has 1 aliphatic carbocycles. The van der Waals surface area contributed by atoms with Gasteiger partial charge in [0, 0.05) is 29.9 Å². The van der Waals surface area contributed by atoms with Crippen molar-refractivity contribution >= 4 is 34.1 Å². The van der Waals surface area contributed by atoms with Gasteiger partial charge < -0.3 is 15.4 Å². The molecule has 7 heteroatoms. The van der Waals surface area contributed by atoms with E-state index in [1.807, 2.05) is 18.2 Å². The Morgan fingerprint density at radius 2 is 2.07 bits per heavy atom. The quantitative estimate of drug-likeness (QED) is 0.826. The number of ether oxygens (including phenoxy) is 1. The Morgan fingerprint density at radius 1 is 1.21 bits per heavy atom. The summed E-state index contributed by atoms with van der Waals surface area (Å²) in [5, 5.41) is 8.44. The Kier molecular flexibility index (Phi) is 4.90. The lowest BCUT2D eigenvalue weighted by molar-refractivity contribution is -0.125. The van der Waals surface area contributed by atoms with Crippen molar-refractivity contribution < 1.29 is 13.9 Å². The van der Waals surface area contributed by atoms with Crippen molar-refractivity contribution in [3.63, 3.8) is 0 Å². The largest absolute Gasteiger partial charge is 0.379 e. The first kappa shape index (κ1) is 18.2. The molecule has 0 bridgehead atoms. The van der Waals surface area contributed by atoms with E-state index in [0.717, 1.165) is 66.9 Å². The zero-order valence-electron chi connectivity index (χ0n) is 15.6. The number of anilines is 1. The molecule has 1 saturated heterocycles. The zero-order valence-corrected chi connectivity index (χ0v) is 16.4. The highest BCUT2D eigenvalue weighted by Gasteiger charge is 2.35. The van der Waals surface area contributed by atoms with Crippen molar-refractivity contribution in [2.45, 2.75) is 35.7 Å². The van der Waals surface area contributed by atoms with E-state index in [0.29, 0.717) is 6.04 Å². The summed E-state index contributed by atoms with van der Waals surface area (Å²) in [6.45, 7) is 3.54. The molecule has 3 atom stereocenters. The number of hydrogen-bond acceptors (Lipinski definition) is 5. The Hall–Kier alpha value is -1.83. The summed E-state index contributed by atoms with van der Waals surface area (Å²) in [4.78, 5) is 16.4. The van der Waals surface area contributed by atoms with Gasteiger partial charge in [-0.1, -0.05) is 23.9 Å². The third-order valence-corrected chi connectivity index (χ3v) is 7.21. The molecule has 0 aromatic heterocycles. The van der Waals surface area contributed by atoms with Crippen molar-refractivity contribution in [1.29, 1.82) is 0 Å². The molecule has 1 unspecified atom stereocenters. The summed E-state index contributed by atoms with van der Waals surface area (Å²) in [5.74, 6) is -0.0296. The second-order valence-electron chi connectivity index (χ2n) is 7.77. The predicted molar refractivity (Wildman–Crippen MR) is 109 cm³/mol. The molecular formula is C21H24FN3O2S.